The van der Waals surface area contributed by atoms with E-state index in [1.165, 1.54) is 0 Å². The number of nitrogens with zero attached hydrogens (tertiary/aromatic N) is 4. The molecule has 1 heterocycles. The van der Waals surface area contributed by atoms with Crippen LogP contribution in [0.1, 0.15) is 34.8 Å². The van der Waals surface area contributed by atoms with Crippen molar-refractivity contribution in [3.8, 4) is 11.5 Å². The Morgan fingerprint density at radius 1 is 1.00 bits per heavy atom. The number of hydrogen-bond donors (Lipinski definition) is 3. The molecule has 11 heteroatoms. The molecule has 0 saturated carbocycles. The molecular weight excluding hydrogens is 584 g/mol. The van der Waals surface area contributed by atoms with Crippen molar-refractivity contribution >= 4 is 17.5 Å². The number of methoxy groups -OCH3 is 1. The van der Waals surface area contributed by atoms with Crippen LogP contribution in [0.25, 0.3) is 10.4 Å². The van der Waals surface area contributed by atoms with Gasteiger partial charge in [-0.25, -0.2) is 10.4 Å². The van der Waals surface area contributed by atoms with Gasteiger partial charge in [0.05, 0.1) is 13.7 Å². The SMILES string of the molecule is COc1ccc(CCNNC(=O)[C@@]2(Cc3ccccc3N=[N+]=[N-])N=C(c3ccc(OCCCO)cc3)O[C@H]2c2ccccc2)cc1. The molecule has 4 aromatic carbocycles. The topological polar surface area (TPSA) is 150 Å². The molecular formula is C35H36N6O5. The summed E-state index contributed by atoms with van der Waals surface area (Å²) in [6.45, 7) is 0.907. The van der Waals surface area contributed by atoms with Crippen molar-refractivity contribution in [3.05, 3.63) is 136 Å². The standard InChI is InChI=1S/C35H36N6O5/c1-44-29-16-12-25(13-17-29)20-21-37-40-34(43)35(24-28-10-5-6-11-31(28)39-41-36)32(26-8-3-2-4-9-26)46-33(38-35)27-14-18-30(19-15-27)45-23-7-22-42/h2-6,8-19,32,37,42H,7,20-24H2,1H3,(H,40,43)/t32-,35-/m0/s1. The second-order valence-corrected chi connectivity index (χ2v) is 10.7. The van der Waals surface area contributed by atoms with E-state index in [1.807, 2.05) is 78.9 Å². The molecule has 5 rings (SSSR count). The maximum absolute atomic E-state index is 14.4. The molecule has 1 aliphatic rings. The normalized spacial score (nSPS) is 16.9. The van der Waals surface area contributed by atoms with Crippen LogP contribution in [0.5, 0.6) is 11.5 Å². The number of carbonyl (C=O) groups is 1. The van der Waals surface area contributed by atoms with E-state index in [0.29, 0.717) is 54.5 Å². The van der Waals surface area contributed by atoms with Gasteiger partial charge in [-0.15, -0.1) is 0 Å². The smallest absolute Gasteiger partial charge is 0.266 e. The minimum atomic E-state index is -1.47. The fourth-order valence-corrected chi connectivity index (χ4v) is 5.26. The van der Waals surface area contributed by atoms with Gasteiger partial charge in [0.2, 0.25) is 5.90 Å². The van der Waals surface area contributed by atoms with E-state index in [9.17, 15) is 10.3 Å². The monoisotopic (exact) mass is 620 g/mol. The van der Waals surface area contributed by atoms with Crippen LogP contribution in [-0.2, 0) is 22.4 Å². The van der Waals surface area contributed by atoms with Crippen LogP contribution in [0, 0.1) is 0 Å². The highest BCUT2D eigenvalue weighted by Crippen LogP contribution is 2.43. The van der Waals surface area contributed by atoms with Crippen molar-refractivity contribution in [2.24, 2.45) is 10.1 Å². The molecule has 0 aliphatic carbocycles. The van der Waals surface area contributed by atoms with Gasteiger partial charge < -0.3 is 19.3 Å². The number of amides is 1. The summed E-state index contributed by atoms with van der Waals surface area (Å²) in [4.78, 5) is 22.4. The first-order valence-corrected chi connectivity index (χ1v) is 15.0. The van der Waals surface area contributed by atoms with E-state index >= 15 is 0 Å². The van der Waals surface area contributed by atoms with Gasteiger partial charge in [0.15, 0.2) is 11.6 Å². The zero-order chi connectivity index (χ0) is 32.2. The molecule has 46 heavy (non-hydrogen) atoms. The van der Waals surface area contributed by atoms with E-state index in [0.717, 1.165) is 16.9 Å². The summed E-state index contributed by atoms with van der Waals surface area (Å²) >= 11 is 0. The van der Waals surface area contributed by atoms with Crippen LogP contribution in [0.2, 0.25) is 0 Å². The number of benzene rings is 4. The Morgan fingerprint density at radius 3 is 2.43 bits per heavy atom. The Labute approximate surface area is 267 Å². The lowest BCUT2D eigenvalue weighted by Crippen LogP contribution is -2.54. The van der Waals surface area contributed by atoms with Crippen LogP contribution < -0.4 is 20.3 Å². The number of azide groups is 1. The zero-order valence-electron chi connectivity index (χ0n) is 25.5. The van der Waals surface area contributed by atoms with E-state index in [4.69, 9.17) is 24.3 Å². The highest BCUT2D eigenvalue weighted by molar-refractivity contribution is 6.01. The third kappa shape index (κ3) is 7.65. The molecule has 1 aliphatic heterocycles. The van der Waals surface area contributed by atoms with Crippen LogP contribution in [0.15, 0.2) is 113 Å². The Balaban J connectivity index is 1.48. The minimum Gasteiger partial charge on any atom is -0.497 e. The Hall–Kier alpha value is -5.35. The molecule has 4 aromatic rings. The number of carbonyl (C=O) groups excluding carboxylic acids is 1. The third-order valence-corrected chi connectivity index (χ3v) is 7.64. The third-order valence-electron chi connectivity index (χ3n) is 7.64. The lowest BCUT2D eigenvalue weighted by atomic mass is 9.81. The van der Waals surface area contributed by atoms with Crippen molar-refractivity contribution in [1.29, 1.82) is 0 Å². The summed E-state index contributed by atoms with van der Waals surface area (Å²) in [7, 11) is 1.63. The molecule has 236 valence electrons. The van der Waals surface area contributed by atoms with Gasteiger partial charge in [0.1, 0.15) is 11.5 Å². The second kappa shape index (κ2) is 15.6. The average molecular weight is 621 g/mol. The van der Waals surface area contributed by atoms with Crippen LogP contribution in [0.4, 0.5) is 5.69 Å². The number of hydrogen-bond acceptors (Lipinski definition) is 8. The second-order valence-electron chi connectivity index (χ2n) is 10.7. The number of aliphatic imine (C=N–C) groups is 1. The fraction of sp³-hybridized carbons (Fsp3) is 0.257. The Kier molecular flexibility index (Phi) is 10.9. The number of aliphatic hydroxyl groups excluding tert-OH is 1. The molecule has 0 radical (unpaired) electrons. The first-order chi connectivity index (χ1) is 22.6. The maximum Gasteiger partial charge on any atom is 0.266 e. The van der Waals surface area contributed by atoms with E-state index < -0.39 is 17.6 Å². The quantitative estimate of drug-likeness (QED) is 0.0506. The highest BCUT2D eigenvalue weighted by atomic mass is 16.5. The van der Waals surface area contributed by atoms with Crippen molar-refractivity contribution in [3.63, 3.8) is 0 Å². The summed E-state index contributed by atoms with van der Waals surface area (Å²) in [6.07, 6.45) is 0.488. The van der Waals surface area contributed by atoms with E-state index in [2.05, 4.69) is 20.9 Å². The van der Waals surface area contributed by atoms with Crippen LogP contribution >= 0.6 is 0 Å². The summed E-state index contributed by atoms with van der Waals surface area (Å²) in [5.74, 6) is 1.32. The summed E-state index contributed by atoms with van der Waals surface area (Å²) in [6, 6.07) is 31.6. The van der Waals surface area contributed by atoms with Crippen molar-refractivity contribution < 1.29 is 24.1 Å². The van der Waals surface area contributed by atoms with Gasteiger partial charge in [0.25, 0.3) is 5.91 Å². The largest absolute Gasteiger partial charge is 0.497 e. The molecule has 0 saturated heterocycles. The van der Waals surface area contributed by atoms with E-state index in [-0.39, 0.29) is 13.0 Å². The number of aliphatic hydroxyl groups is 1. The first-order valence-electron chi connectivity index (χ1n) is 15.0. The minimum absolute atomic E-state index is 0.0485. The maximum atomic E-state index is 14.4. The Bertz CT molecular complexity index is 1670. The zero-order valence-corrected chi connectivity index (χ0v) is 25.5. The highest BCUT2D eigenvalue weighted by Gasteiger charge is 2.53. The van der Waals surface area contributed by atoms with Crippen LogP contribution in [-0.4, -0.2) is 49.3 Å². The lowest BCUT2D eigenvalue weighted by molar-refractivity contribution is -0.130. The van der Waals surface area contributed by atoms with Crippen molar-refractivity contribution in [1.82, 2.24) is 10.9 Å². The van der Waals surface area contributed by atoms with Gasteiger partial charge >= 0.3 is 0 Å². The summed E-state index contributed by atoms with van der Waals surface area (Å²) < 4.78 is 17.5. The number of rotatable bonds is 15. The molecule has 0 unspecified atom stereocenters. The fourth-order valence-electron chi connectivity index (χ4n) is 5.26. The van der Waals surface area contributed by atoms with Crippen LogP contribution in [0.3, 0.4) is 0 Å². The molecule has 0 aromatic heterocycles. The van der Waals surface area contributed by atoms with Gasteiger partial charge in [-0.1, -0.05) is 71.8 Å². The average Bonchev–Trinajstić information content (AvgIpc) is 3.49. The molecule has 2 atom stereocenters. The van der Waals surface area contributed by atoms with Crippen molar-refractivity contribution in [2.75, 3.05) is 26.9 Å². The molecule has 3 N–H and O–H groups in total. The lowest BCUT2D eigenvalue weighted by Gasteiger charge is -2.31. The van der Waals surface area contributed by atoms with Gasteiger partial charge in [0, 0.05) is 42.2 Å². The van der Waals surface area contributed by atoms with Gasteiger partial charge in [-0.2, -0.15) is 0 Å². The summed E-state index contributed by atoms with van der Waals surface area (Å²) in [5, 5.41) is 12.9. The molecule has 0 fully saturated rings. The predicted molar refractivity (Wildman–Crippen MR) is 175 cm³/mol. The van der Waals surface area contributed by atoms with Gasteiger partial charge in [-0.05, 0) is 65.0 Å². The van der Waals surface area contributed by atoms with Gasteiger partial charge in [-0.3, -0.25) is 10.2 Å². The molecule has 0 spiro atoms. The Morgan fingerprint density at radius 2 is 1.72 bits per heavy atom. The summed E-state index contributed by atoms with van der Waals surface area (Å²) in [5.41, 5.74) is 17.3. The number of nitrogens with one attached hydrogen (secondary N) is 2. The number of hydrazine groups is 1. The first kappa shape index (κ1) is 32.1. The van der Waals surface area contributed by atoms with E-state index in [1.54, 1.807) is 31.4 Å². The predicted octanol–water partition coefficient (Wildman–Crippen LogP) is 5.76. The molecule has 11 nitrogen and oxygen atoms in total. The molecule has 1 amide bonds. The van der Waals surface area contributed by atoms with Crippen molar-refractivity contribution in [2.45, 2.75) is 30.9 Å². The molecule has 0 bridgehead atoms. The number of ether oxygens (including phenoxy) is 3.